The largest absolute Gasteiger partial charge is 0.453 e. The number of nitrogens with zero attached hydrogens (tertiary/aromatic N) is 1. The SMILES string of the molecule is COC(=O)NC1=NCC(c2ccc(I)cc2I)N1. The average Bonchev–Trinajstić information content (AvgIpc) is 2.77. The van der Waals surface area contributed by atoms with Crippen LogP contribution in [0.5, 0.6) is 0 Å². The fraction of sp³-hybridized carbons (Fsp3) is 0.273. The van der Waals surface area contributed by atoms with Crippen LogP contribution in [0.4, 0.5) is 4.79 Å². The number of methoxy groups -OCH3 is 1. The molecule has 0 spiro atoms. The minimum absolute atomic E-state index is 0.0982. The van der Waals surface area contributed by atoms with E-state index >= 15 is 0 Å². The molecule has 0 radical (unpaired) electrons. The Bertz CT molecular complexity index is 505. The maximum absolute atomic E-state index is 11.1. The number of amides is 1. The van der Waals surface area contributed by atoms with Crippen LogP contribution in [-0.2, 0) is 4.74 Å². The van der Waals surface area contributed by atoms with Gasteiger partial charge >= 0.3 is 6.09 Å². The Labute approximate surface area is 132 Å². The van der Waals surface area contributed by atoms with Crippen molar-refractivity contribution < 1.29 is 9.53 Å². The smallest absolute Gasteiger partial charge is 0.413 e. The monoisotopic (exact) mass is 471 g/mol. The van der Waals surface area contributed by atoms with E-state index in [1.54, 1.807) is 0 Å². The van der Waals surface area contributed by atoms with Gasteiger partial charge in [-0.3, -0.25) is 10.3 Å². The first-order valence-electron chi connectivity index (χ1n) is 5.21. The molecule has 0 saturated carbocycles. The van der Waals surface area contributed by atoms with Crippen molar-refractivity contribution in [2.45, 2.75) is 6.04 Å². The molecule has 2 rings (SSSR count). The molecule has 2 N–H and O–H groups in total. The molecule has 1 aromatic carbocycles. The highest BCUT2D eigenvalue weighted by Crippen LogP contribution is 2.24. The summed E-state index contributed by atoms with van der Waals surface area (Å²) in [6.07, 6.45) is -0.515. The molecule has 18 heavy (non-hydrogen) atoms. The number of aliphatic imine (C=N–C) groups is 1. The third kappa shape index (κ3) is 3.25. The van der Waals surface area contributed by atoms with E-state index in [0.29, 0.717) is 12.5 Å². The molecule has 1 aliphatic rings. The second-order valence-corrected chi connectivity index (χ2v) is 6.08. The summed E-state index contributed by atoms with van der Waals surface area (Å²) < 4.78 is 6.91. The summed E-state index contributed by atoms with van der Waals surface area (Å²) in [4.78, 5) is 15.3. The first-order chi connectivity index (χ1) is 8.60. The van der Waals surface area contributed by atoms with Gasteiger partial charge in [0, 0.05) is 7.14 Å². The minimum Gasteiger partial charge on any atom is -0.453 e. The minimum atomic E-state index is -0.515. The van der Waals surface area contributed by atoms with Gasteiger partial charge in [0.15, 0.2) is 0 Å². The summed E-state index contributed by atoms with van der Waals surface area (Å²) in [5, 5.41) is 5.70. The molecule has 0 bridgehead atoms. The lowest BCUT2D eigenvalue weighted by Crippen LogP contribution is -2.39. The number of benzene rings is 1. The molecule has 0 saturated heterocycles. The number of nitrogens with one attached hydrogen (secondary N) is 2. The Morgan fingerprint density at radius 1 is 1.56 bits per heavy atom. The number of alkyl carbamates (subject to hydrolysis) is 1. The Balaban J connectivity index is 2.04. The van der Waals surface area contributed by atoms with Crippen molar-refractivity contribution in [1.82, 2.24) is 10.6 Å². The zero-order valence-electron chi connectivity index (χ0n) is 9.54. The van der Waals surface area contributed by atoms with Crippen LogP contribution in [0, 0.1) is 7.14 Å². The van der Waals surface area contributed by atoms with E-state index in [1.165, 1.54) is 19.8 Å². The number of carbonyl (C=O) groups excluding carboxylic acids is 1. The molecule has 1 unspecified atom stereocenters. The normalized spacial score (nSPS) is 17.9. The summed E-state index contributed by atoms with van der Waals surface area (Å²) in [7, 11) is 1.32. The molecule has 1 aliphatic heterocycles. The molecule has 96 valence electrons. The molecule has 1 aromatic rings. The lowest BCUT2D eigenvalue weighted by atomic mass is 10.1. The van der Waals surface area contributed by atoms with Gasteiger partial charge in [-0.1, -0.05) is 6.07 Å². The van der Waals surface area contributed by atoms with Gasteiger partial charge in [-0.25, -0.2) is 4.79 Å². The zero-order valence-corrected chi connectivity index (χ0v) is 13.9. The van der Waals surface area contributed by atoms with Crippen molar-refractivity contribution >= 4 is 57.2 Å². The predicted molar refractivity (Wildman–Crippen MR) is 85.6 cm³/mol. The van der Waals surface area contributed by atoms with Crippen LogP contribution >= 0.6 is 45.2 Å². The van der Waals surface area contributed by atoms with E-state index in [2.05, 4.69) is 83.7 Å². The van der Waals surface area contributed by atoms with Crippen LogP contribution in [-0.4, -0.2) is 25.7 Å². The highest BCUT2D eigenvalue weighted by Gasteiger charge is 2.22. The average molecular weight is 471 g/mol. The predicted octanol–water partition coefficient (Wildman–Crippen LogP) is 2.25. The van der Waals surface area contributed by atoms with Crippen LogP contribution in [0.25, 0.3) is 0 Å². The van der Waals surface area contributed by atoms with Crippen LogP contribution in [0.3, 0.4) is 0 Å². The first-order valence-corrected chi connectivity index (χ1v) is 7.37. The first kappa shape index (κ1) is 13.8. The molecule has 1 atom stereocenters. The van der Waals surface area contributed by atoms with Crippen molar-refractivity contribution in [2.75, 3.05) is 13.7 Å². The maximum Gasteiger partial charge on any atom is 0.413 e. The lowest BCUT2D eigenvalue weighted by molar-refractivity contribution is 0.176. The molecule has 7 heteroatoms. The number of carbonyl (C=O) groups is 1. The third-order valence-corrected chi connectivity index (χ3v) is 4.09. The number of rotatable bonds is 1. The van der Waals surface area contributed by atoms with E-state index in [4.69, 9.17) is 0 Å². The zero-order chi connectivity index (χ0) is 13.1. The second kappa shape index (κ2) is 6.04. The van der Waals surface area contributed by atoms with Crippen molar-refractivity contribution in [1.29, 1.82) is 0 Å². The quantitative estimate of drug-likeness (QED) is 0.619. The van der Waals surface area contributed by atoms with Gasteiger partial charge in [-0.15, -0.1) is 0 Å². The van der Waals surface area contributed by atoms with Crippen LogP contribution in [0.1, 0.15) is 11.6 Å². The van der Waals surface area contributed by atoms with E-state index in [9.17, 15) is 4.79 Å². The van der Waals surface area contributed by atoms with Crippen molar-refractivity contribution in [3.05, 3.63) is 30.9 Å². The van der Waals surface area contributed by atoms with Crippen molar-refractivity contribution in [3.8, 4) is 0 Å². The topological polar surface area (TPSA) is 62.7 Å². The Hall–Kier alpha value is -0.580. The van der Waals surface area contributed by atoms with Crippen LogP contribution in [0.2, 0.25) is 0 Å². The fourth-order valence-electron chi connectivity index (χ4n) is 1.62. The number of halogens is 2. The Morgan fingerprint density at radius 3 is 3.00 bits per heavy atom. The van der Waals surface area contributed by atoms with Crippen molar-refractivity contribution in [3.63, 3.8) is 0 Å². The Morgan fingerprint density at radius 2 is 2.33 bits per heavy atom. The second-order valence-electron chi connectivity index (χ2n) is 3.67. The summed E-state index contributed by atoms with van der Waals surface area (Å²) in [5.41, 5.74) is 1.18. The molecule has 0 aromatic heterocycles. The lowest BCUT2D eigenvalue weighted by Gasteiger charge is -2.14. The fourth-order valence-corrected chi connectivity index (χ4v) is 3.60. The number of guanidine groups is 1. The van der Waals surface area contributed by atoms with Gasteiger partial charge in [-0.05, 0) is 62.9 Å². The molecule has 5 nitrogen and oxygen atoms in total. The van der Waals surface area contributed by atoms with Crippen LogP contribution in [0.15, 0.2) is 23.2 Å². The maximum atomic E-state index is 11.1. The van der Waals surface area contributed by atoms with E-state index in [1.807, 2.05) is 0 Å². The molecule has 0 aliphatic carbocycles. The number of hydrogen-bond acceptors (Lipinski definition) is 4. The number of hydrogen-bond donors (Lipinski definition) is 2. The number of ether oxygens (including phenoxy) is 1. The van der Waals surface area contributed by atoms with Gasteiger partial charge < -0.3 is 10.1 Å². The summed E-state index contributed by atoms with van der Waals surface area (Å²) >= 11 is 4.59. The van der Waals surface area contributed by atoms with Gasteiger partial charge in [0.25, 0.3) is 0 Å². The molecule has 1 amide bonds. The van der Waals surface area contributed by atoms with Gasteiger partial charge in [0.2, 0.25) is 5.96 Å². The van der Waals surface area contributed by atoms with Gasteiger partial charge in [0.1, 0.15) is 0 Å². The Kier molecular flexibility index (Phi) is 4.65. The standard InChI is InChI=1S/C11H11I2N3O2/c1-18-11(17)16-10-14-5-9(15-10)7-3-2-6(12)4-8(7)13/h2-4,9H,5H2,1H3,(H2,14,15,16,17). The van der Waals surface area contributed by atoms with E-state index < -0.39 is 6.09 Å². The highest BCUT2D eigenvalue weighted by atomic mass is 127. The van der Waals surface area contributed by atoms with Gasteiger partial charge in [-0.2, -0.15) is 0 Å². The summed E-state index contributed by atoms with van der Waals surface area (Å²) in [6.45, 7) is 0.607. The molecular weight excluding hydrogens is 460 g/mol. The molecular formula is C11H11I2N3O2. The van der Waals surface area contributed by atoms with E-state index in [0.717, 1.165) is 0 Å². The molecule has 0 fully saturated rings. The molecule has 1 heterocycles. The summed E-state index contributed by atoms with van der Waals surface area (Å²) in [5.74, 6) is 0.459. The highest BCUT2D eigenvalue weighted by molar-refractivity contribution is 14.1. The third-order valence-electron chi connectivity index (χ3n) is 2.49. The van der Waals surface area contributed by atoms with Gasteiger partial charge in [0.05, 0.1) is 19.7 Å². The van der Waals surface area contributed by atoms with Crippen LogP contribution < -0.4 is 10.6 Å². The summed E-state index contributed by atoms with van der Waals surface area (Å²) in [6, 6.07) is 6.36. The van der Waals surface area contributed by atoms with E-state index in [-0.39, 0.29) is 6.04 Å². The van der Waals surface area contributed by atoms with Crippen molar-refractivity contribution in [2.24, 2.45) is 4.99 Å².